The number of nitrogens with two attached hydrogens (primary N) is 1. The molecule has 1 saturated heterocycles. The average molecular weight is 226 g/mol. The summed E-state index contributed by atoms with van der Waals surface area (Å²) in [6, 6.07) is 0.275. The van der Waals surface area contributed by atoms with E-state index in [1.165, 1.54) is 0 Å². The molecule has 2 rings (SSSR count). The Balaban J connectivity index is 1.92. The maximum absolute atomic E-state index is 11.9. The van der Waals surface area contributed by atoms with E-state index < -0.39 is 5.60 Å². The number of likely N-dealkylation sites (tertiary alicyclic amines) is 1. The summed E-state index contributed by atoms with van der Waals surface area (Å²) in [6.45, 7) is 7.29. The Hall–Kier alpha value is -0.770. The summed E-state index contributed by atoms with van der Waals surface area (Å²) in [5.74, 6) is 1.09. The number of fused-ring (bicyclic) bond motifs is 1. The molecular weight excluding hydrogens is 204 g/mol. The molecule has 1 aliphatic heterocycles. The highest BCUT2D eigenvalue weighted by Gasteiger charge is 2.43. The van der Waals surface area contributed by atoms with E-state index in [0.717, 1.165) is 25.9 Å². The molecule has 1 heterocycles. The molecule has 0 aromatic rings. The van der Waals surface area contributed by atoms with Gasteiger partial charge in [-0.3, -0.25) is 0 Å². The first-order valence-electron chi connectivity index (χ1n) is 6.10. The van der Waals surface area contributed by atoms with Crippen LogP contribution in [0.1, 0.15) is 33.6 Å². The minimum Gasteiger partial charge on any atom is -0.444 e. The molecule has 0 aromatic heterocycles. The standard InChI is InChI=1S/C12H22N2O2/c1-12(2,3)16-11(15)14-6-8-4-5-10(13)9(8)7-14/h8-10H,4-7,13H2,1-3H3/t8-,9+,10+/m0/s1. The molecule has 0 radical (unpaired) electrons. The first-order chi connectivity index (χ1) is 7.37. The molecule has 92 valence electrons. The lowest BCUT2D eigenvalue weighted by Gasteiger charge is -2.25. The van der Waals surface area contributed by atoms with E-state index in [-0.39, 0.29) is 12.1 Å². The van der Waals surface area contributed by atoms with Crippen LogP contribution in [0.4, 0.5) is 4.79 Å². The van der Waals surface area contributed by atoms with Crippen molar-refractivity contribution < 1.29 is 9.53 Å². The molecule has 1 saturated carbocycles. The molecule has 0 unspecified atom stereocenters. The van der Waals surface area contributed by atoms with Crippen LogP contribution in [0.2, 0.25) is 0 Å². The van der Waals surface area contributed by atoms with Crippen molar-refractivity contribution >= 4 is 6.09 Å². The van der Waals surface area contributed by atoms with Crippen molar-refractivity contribution in [3.05, 3.63) is 0 Å². The number of carbonyl (C=O) groups is 1. The second kappa shape index (κ2) is 3.91. The number of nitrogens with zero attached hydrogens (tertiary/aromatic N) is 1. The fraction of sp³-hybridized carbons (Fsp3) is 0.917. The van der Waals surface area contributed by atoms with Crippen LogP contribution in [0.3, 0.4) is 0 Å². The summed E-state index contributed by atoms with van der Waals surface area (Å²) in [5, 5.41) is 0. The Bertz CT molecular complexity index is 285. The van der Waals surface area contributed by atoms with Crippen molar-refractivity contribution in [3.8, 4) is 0 Å². The largest absolute Gasteiger partial charge is 0.444 e. The van der Waals surface area contributed by atoms with Crippen molar-refractivity contribution in [2.24, 2.45) is 17.6 Å². The fourth-order valence-corrected chi connectivity index (χ4v) is 2.78. The molecule has 2 N–H and O–H groups in total. The zero-order chi connectivity index (χ0) is 11.9. The average Bonchev–Trinajstić information content (AvgIpc) is 2.65. The van der Waals surface area contributed by atoms with Crippen LogP contribution in [0.15, 0.2) is 0 Å². The predicted octanol–water partition coefficient (Wildman–Crippen LogP) is 1.59. The Morgan fingerprint density at radius 2 is 2.00 bits per heavy atom. The van der Waals surface area contributed by atoms with Gasteiger partial charge in [-0.1, -0.05) is 0 Å². The third-order valence-corrected chi connectivity index (χ3v) is 3.56. The zero-order valence-corrected chi connectivity index (χ0v) is 10.4. The second-order valence-electron chi connectivity index (χ2n) is 6.05. The Morgan fingerprint density at radius 1 is 1.31 bits per heavy atom. The van der Waals surface area contributed by atoms with Crippen molar-refractivity contribution in [1.29, 1.82) is 0 Å². The highest BCUT2D eigenvalue weighted by molar-refractivity contribution is 5.68. The molecule has 2 fully saturated rings. The molecular formula is C12H22N2O2. The second-order valence-corrected chi connectivity index (χ2v) is 6.05. The van der Waals surface area contributed by atoms with Gasteiger partial charge in [0.1, 0.15) is 5.60 Å². The van der Waals surface area contributed by atoms with Gasteiger partial charge in [-0.05, 0) is 45.4 Å². The van der Waals surface area contributed by atoms with Crippen molar-refractivity contribution in [2.75, 3.05) is 13.1 Å². The maximum Gasteiger partial charge on any atom is 0.410 e. The van der Waals surface area contributed by atoms with E-state index in [0.29, 0.717) is 11.8 Å². The molecule has 3 atom stereocenters. The van der Waals surface area contributed by atoms with Crippen molar-refractivity contribution in [1.82, 2.24) is 4.90 Å². The lowest BCUT2D eigenvalue weighted by molar-refractivity contribution is 0.0279. The minimum atomic E-state index is -0.406. The lowest BCUT2D eigenvalue weighted by atomic mass is 9.98. The quantitative estimate of drug-likeness (QED) is 0.682. The van der Waals surface area contributed by atoms with E-state index in [2.05, 4.69) is 0 Å². The zero-order valence-electron chi connectivity index (χ0n) is 10.4. The first kappa shape index (κ1) is 11.7. The van der Waals surface area contributed by atoms with Gasteiger partial charge in [0.25, 0.3) is 0 Å². The normalized spacial score (nSPS) is 34.0. The SMILES string of the molecule is CC(C)(C)OC(=O)N1C[C@@H]2CC[C@@H](N)[C@@H]2C1. The Morgan fingerprint density at radius 3 is 2.56 bits per heavy atom. The first-order valence-corrected chi connectivity index (χ1v) is 6.10. The van der Waals surface area contributed by atoms with Crippen molar-refractivity contribution in [3.63, 3.8) is 0 Å². The highest BCUT2D eigenvalue weighted by atomic mass is 16.6. The summed E-state index contributed by atoms with van der Waals surface area (Å²) < 4.78 is 5.37. The maximum atomic E-state index is 11.9. The van der Waals surface area contributed by atoms with E-state index >= 15 is 0 Å². The summed E-state index contributed by atoms with van der Waals surface area (Å²) in [6.07, 6.45) is 2.08. The number of amides is 1. The third-order valence-electron chi connectivity index (χ3n) is 3.56. The molecule has 0 spiro atoms. The molecule has 16 heavy (non-hydrogen) atoms. The van der Waals surface area contributed by atoms with Crippen LogP contribution in [0.25, 0.3) is 0 Å². The third kappa shape index (κ3) is 2.32. The molecule has 0 bridgehead atoms. The Labute approximate surface area is 97.1 Å². The number of rotatable bonds is 0. The fourth-order valence-electron chi connectivity index (χ4n) is 2.78. The Kier molecular flexibility index (Phi) is 2.86. The number of ether oxygens (including phenoxy) is 1. The van der Waals surface area contributed by atoms with Gasteiger partial charge in [0.05, 0.1) is 0 Å². The number of carbonyl (C=O) groups excluding carboxylic acids is 1. The van der Waals surface area contributed by atoms with Gasteiger partial charge in [-0.2, -0.15) is 0 Å². The van der Waals surface area contributed by atoms with E-state index in [4.69, 9.17) is 10.5 Å². The lowest BCUT2D eigenvalue weighted by Crippen LogP contribution is -2.37. The van der Waals surface area contributed by atoms with Crippen LogP contribution in [-0.2, 0) is 4.74 Å². The van der Waals surface area contributed by atoms with Crippen LogP contribution >= 0.6 is 0 Å². The molecule has 1 aliphatic carbocycles. The molecule has 4 nitrogen and oxygen atoms in total. The highest BCUT2D eigenvalue weighted by Crippen LogP contribution is 2.37. The van der Waals surface area contributed by atoms with Crippen LogP contribution in [0, 0.1) is 11.8 Å². The van der Waals surface area contributed by atoms with Gasteiger partial charge in [0.15, 0.2) is 0 Å². The summed E-state index contributed by atoms with van der Waals surface area (Å²) in [7, 11) is 0. The molecule has 4 heteroatoms. The summed E-state index contributed by atoms with van der Waals surface area (Å²) in [5.41, 5.74) is 5.62. The van der Waals surface area contributed by atoms with Gasteiger partial charge < -0.3 is 15.4 Å². The predicted molar refractivity (Wildman–Crippen MR) is 62.0 cm³/mol. The topological polar surface area (TPSA) is 55.6 Å². The van der Waals surface area contributed by atoms with Crippen LogP contribution in [-0.4, -0.2) is 35.7 Å². The minimum absolute atomic E-state index is 0.186. The smallest absolute Gasteiger partial charge is 0.410 e. The van der Waals surface area contributed by atoms with Crippen LogP contribution < -0.4 is 5.73 Å². The molecule has 2 aliphatic rings. The molecule has 1 amide bonds. The molecule has 0 aromatic carbocycles. The van der Waals surface area contributed by atoms with E-state index in [1.54, 1.807) is 0 Å². The van der Waals surface area contributed by atoms with E-state index in [9.17, 15) is 4.79 Å². The van der Waals surface area contributed by atoms with Gasteiger partial charge in [-0.25, -0.2) is 4.79 Å². The number of hydrogen-bond donors (Lipinski definition) is 1. The van der Waals surface area contributed by atoms with Gasteiger partial charge in [0.2, 0.25) is 0 Å². The monoisotopic (exact) mass is 226 g/mol. The van der Waals surface area contributed by atoms with Crippen molar-refractivity contribution in [2.45, 2.75) is 45.3 Å². The van der Waals surface area contributed by atoms with E-state index in [1.807, 2.05) is 25.7 Å². The van der Waals surface area contributed by atoms with Gasteiger partial charge in [-0.15, -0.1) is 0 Å². The van der Waals surface area contributed by atoms with Gasteiger partial charge >= 0.3 is 6.09 Å². The summed E-state index contributed by atoms with van der Waals surface area (Å²) in [4.78, 5) is 13.7. The summed E-state index contributed by atoms with van der Waals surface area (Å²) >= 11 is 0. The van der Waals surface area contributed by atoms with Gasteiger partial charge in [0, 0.05) is 19.1 Å². The van der Waals surface area contributed by atoms with Crippen LogP contribution in [0.5, 0.6) is 0 Å². The number of hydrogen-bond acceptors (Lipinski definition) is 3.